The Morgan fingerprint density at radius 2 is 2.14 bits per heavy atom. The van der Waals surface area contributed by atoms with E-state index in [0.29, 0.717) is 31.9 Å². The molecule has 2 fully saturated rings. The molecule has 7 nitrogen and oxygen atoms in total. The first kappa shape index (κ1) is 26.1. The summed E-state index contributed by atoms with van der Waals surface area (Å²) in [5, 5.41) is 13.5. The van der Waals surface area contributed by atoms with Gasteiger partial charge in [-0.2, -0.15) is 0 Å². The number of carbonyl (C=O) groups is 1. The highest BCUT2D eigenvalue weighted by Gasteiger charge is 2.36. The van der Waals surface area contributed by atoms with Crippen molar-refractivity contribution in [3.63, 3.8) is 0 Å². The molecule has 8 heteroatoms. The van der Waals surface area contributed by atoms with E-state index >= 15 is 0 Å². The summed E-state index contributed by atoms with van der Waals surface area (Å²) in [7, 11) is 0. The van der Waals surface area contributed by atoms with Gasteiger partial charge in [-0.15, -0.1) is 0 Å². The zero-order valence-electron chi connectivity index (χ0n) is 21.5. The standard InChI is InChI=1S/C29H38FN3O4/c30-21-10-12-24(26-8-2-4-17-37-26)25(18-21)27(29(34)35)33-15-13-23(19-33)36-16-3-1-7-22-11-9-20-6-5-14-31-28(20)32-22/h9-12,18,23,26-27H,1-8,13-17,19H2,(H,31,32)(H,34,35)/t23-,26+,27?/m1/s1. The van der Waals surface area contributed by atoms with Crippen molar-refractivity contribution in [1.29, 1.82) is 0 Å². The van der Waals surface area contributed by atoms with Gasteiger partial charge in [-0.3, -0.25) is 9.69 Å². The predicted octanol–water partition coefficient (Wildman–Crippen LogP) is 5.06. The number of halogens is 1. The first-order valence-electron chi connectivity index (χ1n) is 13.8. The van der Waals surface area contributed by atoms with Crippen molar-refractivity contribution in [3.8, 4) is 0 Å². The van der Waals surface area contributed by atoms with Gasteiger partial charge in [0, 0.05) is 38.5 Å². The number of aliphatic carboxylic acids is 1. The number of carboxylic acids is 1. The number of unbranched alkanes of at least 4 members (excludes halogenated alkanes) is 1. The number of pyridine rings is 1. The molecule has 5 rings (SSSR count). The van der Waals surface area contributed by atoms with E-state index in [1.807, 2.05) is 4.90 Å². The molecule has 1 aromatic heterocycles. The minimum atomic E-state index is -0.963. The van der Waals surface area contributed by atoms with Gasteiger partial charge in [-0.25, -0.2) is 9.37 Å². The first-order chi connectivity index (χ1) is 18.1. The number of aromatic nitrogens is 1. The lowest BCUT2D eigenvalue weighted by atomic mass is 9.92. The first-order valence-corrected chi connectivity index (χ1v) is 13.8. The smallest absolute Gasteiger partial charge is 0.325 e. The second kappa shape index (κ2) is 12.3. The molecule has 37 heavy (non-hydrogen) atoms. The molecule has 2 aromatic rings. The highest BCUT2D eigenvalue weighted by Crippen LogP contribution is 2.36. The number of rotatable bonds is 10. The molecule has 0 amide bonds. The molecular weight excluding hydrogens is 473 g/mol. The Kier molecular flexibility index (Phi) is 8.69. The molecule has 0 radical (unpaired) electrons. The SMILES string of the molecule is O=C(O)C(c1cc(F)ccc1[C@@H]1CCCCO1)N1CC[C@@H](OCCCCc2ccc3c(n2)NCCC3)C1. The highest BCUT2D eigenvalue weighted by molar-refractivity contribution is 5.76. The molecule has 0 saturated carbocycles. The summed E-state index contributed by atoms with van der Waals surface area (Å²) < 4.78 is 26.3. The number of hydrogen-bond acceptors (Lipinski definition) is 6. The van der Waals surface area contributed by atoms with Gasteiger partial charge in [0.05, 0.1) is 12.2 Å². The highest BCUT2D eigenvalue weighted by atomic mass is 19.1. The summed E-state index contributed by atoms with van der Waals surface area (Å²) >= 11 is 0. The third-order valence-electron chi connectivity index (χ3n) is 7.78. The van der Waals surface area contributed by atoms with Crippen LogP contribution in [0.25, 0.3) is 0 Å². The van der Waals surface area contributed by atoms with Crippen molar-refractivity contribution in [1.82, 2.24) is 9.88 Å². The van der Waals surface area contributed by atoms with Crippen molar-refractivity contribution >= 4 is 11.8 Å². The lowest BCUT2D eigenvalue weighted by Gasteiger charge is -2.30. The molecule has 3 aliphatic rings. The molecule has 2 N–H and O–H groups in total. The number of nitrogens with zero attached hydrogens (tertiary/aromatic N) is 2. The van der Waals surface area contributed by atoms with Crippen LogP contribution >= 0.6 is 0 Å². The van der Waals surface area contributed by atoms with Crippen LogP contribution in [0.4, 0.5) is 10.2 Å². The molecule has 200 valence electrons. The third kappa shape index (κ3) is 6.48. The van der Waals surface area contributed by atoms with Crippen molar-refractivity contribution in [2.45, 2.75) is 76.0 Å². The van der Waals surface area contributed by atoms with Gasteiger partial charge in [-0.05, 0) is 92.7 Å². The van der Waals surface area contributed by atoms with E-state index in [0.717, 1.165) is 81.4 Å². The average molecular weight is 512 g/mol. The lowest BCUT2D eigenvalue weighted by molar-refractivity contribution is -0.143. The zero-order chi connectivity index (χ0) is 25.6. The van der Waals surface area contributed by atoms with Crippen LogP contribution in [0.1, 0.15) is 79.5 Å². The maximum atomic E-state index is 14.3. The molecule has 0 spiro atoms. The van der Waals surface area contributed by atoms with Crippen molar-refractivity contribution in [2.75, 3.05) is 38.2 Å². The second-order valence-electron chi connectivity index (χ2n) is 10.4. The van der Waals surface area contributed by atoms with Crippen LogP contribution in [0.15, 0.2) is 30.3 Å². The number of ether oxygens (including phenoxy) is 2. The summed E-state index contributed by atoms with van der Waals surface area (Å²) in [6.07, 6.45) is 8.53. The Balaban J connectivity index is 1.13. The van der Waals surface area contributed by atoms with Gasteiger partial charge < -0.3 is 19.9 Å². The fourth-order valence-corrected chi connectivity index (χ4v) is 5.84. The fraction of sp³-hybridized carbons (Fsp3) is 0.586. The minimum Gasteiger partial charge on any atom is -0.480 e. The Bertz CT molecular complexity index is 1080. The van der Waals surface area contributed by atoms with Crippen LogP contribution in [-0.4, -0.2) is 59.9 Å². The fourth-order valence-electron chi connectivity index (χ4n) is 5.84. The number of anilines is 1. The van der Waals surface area contributed by atoms with E-state index < -0.39 is 17.8 Å². The van der Waals surface area contributed by atoms with Gasteiger partial charge in [0.15, 0.2) is 0 Å². The molecule has 3 atom stereocenters. The van der Waals surface area contributed by atoms with Crippen LogP contribution in [0.2, 0.25) is 0 Å². The Labute approximate surface area is 218 Å². The van der Waals surface area contributed by atoms with Crippen molar-refractivity contribution in [2.24, 2.45) is 0 Å². The molecule has 0 aliphatic carbocycles. The normalized spacial score (nSPS) is 22.8. The number of aryl methyl sites for hydroxylation is 2. The molecule has 1 aromatic carbocycles. The van der Waals surface area contributed by atoms with Crippen LogP contribution < -0.4 is 5.32 Å². The maximum Gasteiger partial charge on any atom is 0.325 e. The van der Waals surface area contributed by atoms with Crippen LogP contribution in [0.3, 0.4) is 0 Å². The lowest BCUT2D eigenvalue weighted by Crippen LogP contribution is -2.34. The average Bonchev–Trinajstić information content (AvgIpc) is 3.37. The molecule has 2 saturated heterocycles. The summed E-state index contributed by atoms with van der Waals surface area (Å²) in [4.78, 5) is 19.1. The van der Waals surface area contributed by atoms with Gasteiger partial charge in [0.25, 0.3) is 0 Å². The molecule has 4 heterocycles. The third-order valence-corrected chi connectivity index (χ3v) is 7.78. The van der Waals surface area contributed by atoms with Gasteiger partial charge in [0.1, 0.15) is 17.7 Å². The molecule has 0 bridgehead atoms. The zero-order valence-corrected chi connectivity index (χ0v) is 21.5. The van der Waals surface area contributed by atoms with Crippen LogP contribution in [0, 0.1) is 5.82 Å². The number of carboxylic acid groups (broad SMARTS) is 1. The van der Waals surface area contributed by atoms with Gasteiger partial charge >= 0.3 is 5.97 Å². The minimum absolute atomic E-state index is 0.0177. The number of likely N-dealkylation sites (tertiary alicyclic amines) is 1. The Morgan fingerprint density at radius 1 is 1.22 bits per heavy atom. The van der Waals surface area contributed by atoms with E-state index in [-0.39, 0.29) is 12.2 Å². The molecular formula is C29H38FN3O4. The van der Waals surface area contributed by atoms with Crippen molar-refractivity contribution in [3.05, 3.63) is 58.5 Å². The number of fused-ring (bicyclic) bond motifs is 1. The van der Waals surface area contributed by atoms with E-state index in [9.17, 15) is 14.3 Å². The van der Waals surface area contributed by atoms with E-state index in [4.69, 9.17) is 14.5 Å². The quantitative estimate of drug-likeness (QED) is 0.432. The summed E-state index contributed by atoms with van der Waals surface area (Å²) in [5.74, 6) is -0.345. The van der Waals surface area contributed by atoms with E-state index in [1.54, 1.807) is 6.07 Å². The summed E-state index contributed by atoms with van der Waals surface area (Å²) in [6.45, 7) is 3.41. The van der Waals surface area contributed by atoms with E-state index in [1.165, 1.54) is 17.7 Å². The monoisotopic (exact) mass is 511 g/mol. The Hall–Kier alpha value is -2.55. The topological polar surface area (TPSA) is 83.9 Å². The maximum absolute atomic E-state index is 14.3. The second-order valence-corrected chi connectivity index (χ2v) is 10.4. The van der Waals surface area contributed by atoms with Crippen molar-refractivity contribution < 1.29 is 23.8 Å². The summed E-state index contributed by atoms with van der Waals surface area (Å²) in [6, 6.07) is 7.90. The van der Waals surface area contributed by atoms with Crippen LogP contribution in [-0.2, 0) is 27.1 Å². The largest absolute Gasteiger partial charge is 0.480 e. The van der Waals surface area contributed by atoms with Crippen LogP contribution in [0.5, 0.6) is 0 Å². The molecule has 1 unspecified atom stereocenters. The summed E-state index contributed by atoms with van der Waals surface area (Å²) in [5.41, 5.74) is 3.72. The number of nitrogens with one attached hydrogen (secondary N) is 1. The molecule has 3 aliphatic heterocycles. The van der Waals surface area contributed by atoms with E-state index in [2.05, 4.69) is 17.4 Å². The number of hydrogen-bond donors (Lipinski definition) is 2. The Morgan fingerprint density at radius 3 is 2.97 bits per heavy atom. The number of benzene rings is 1. The van der Waals surface area contributed by atoms with Gasteiger partial charge in [0.2, 0.25) is 0 Å². The predicted molar refractivity (Wildman–Crippen MR) is 139 cm³/mol. The van der Waals surface area contributed by atoms with Gasteiger partial charge in [-0.1, -0.05) is 12.1 Å².